The van der Waals surface area contributed by atoms with E-state index in [9.17, 15) is 20.3 Å². The second-order valence-electron chi connectivity index (χ2n) is 4.98. The lowest BCUT2D eigenvalue weighted by Gasteiger charge is -2.25. The largest absolute Gasteiger partial charge is 0.394 e. The second-order valence-corrected chi connectivity index (χ2v) is 6.04. The zero-order valence-electron chi connectivity index (χ0n) is 10.9. The molecule has 1 aromatic heterocycles. The van der Waals surface area contributed by atoms with E-state index in [2.05, 4.69) is 0 Å². The number of nitro groups is 1. The number of aliphatic hydroxyl groups is 2. The SMILES string of the molecule is CC1CCN(c2sc([C@@H](C)O)cc2[N+](=O)[O-])C1CO. The molecule has 1 aromatic rings. The molecule has 1 aliphatic rings. The minimum atomic E-state index is -0.718. The van der Waals surface area contributed by atoms with Crippen molar-refractivity contribution in [2.24, 2.45) is 5.92 Å². The summed E-state index contributed by atoms with van der Waals surface area (Å²) in [7, 11) is 0. The third-order valence-corrected chi connectivity index (χ3v) is 4.98. The van der Waals surface area contributed by atoms with Crippen LogP contribution in [0.15, 0.2) is 6.07 Å². The average molecular weight is 286 g/mol. The Bertz CT molecular complexity index is 474. The summed E-state index contributed by atoms with van der Waals surface area (Å²) in [4.78, 5) is 13.2. The van der Waals surface area contributed by atoms with Gasteiger partial charge in [0.2, 0.25) is 0 Å². The second kappa shape index (κ2) is 5.44. The molecule has 2 unspecified atom stereocenters. The summed E-state index contributed by atoms with van der Waals surface area (Å²) in [5.41, 5.74) is 0.0217. The zero-order valence-corrected chi connectivity index (χ0v) is 11.8. The van der Waals surface area contributed by atoms with E-state index in [4.69, 9.17) is 0 Å². The van der Waals surface area contributed by atoms with Gasteiger partial charge in [-0.1, -0.05) is 6.92 Å². The van der Waals surface area contributed by atoms with Crippen molar-refractivity contribution in [3.05, 3.63) is 21.1 Å². The van der Waals surface area contributed by atoms with E-state index in [-0.39, 0.29) is 18.3 Å². The molecule has 19 heavy (non-hydrogen) atoms. The first-order valence-corrected chi connectivity index (χ1v) is 7.11. The van der Waals surface area contributed by atoms with Crippen molar-refractivity contribution in [3.8, 4) is 0 Å². The Morgan fingerprint density at radius 1 is 1.68 bits per heavy atom. The van der Waals surface area contributed by atoms with E-state index in [0.29, 0.717) is 22.3 Å². The monoisotopic (exact) mass is 286 g/mol. The Morgan fingerprint density at radius 2 is 2.37 bits per heavy atom. The molecule has 1 aliphatic heterocycles. The van der Waals surface area contributed by atoms with Crippen molar-refractivity contribution in [2.45, 2.75) is 32.4 Å². The van der Waals surface area contributed by atoms with Crippen LogP contribution in [0.4, 0.5) is 10.7 Å². The molecule has 106 valence electrons. The lowest BCUT2D eigenvalue weighted by Crippen LogP contribution is -2.34. The van der Waals surface area contributed by atoms with Crippen LogP contribution >= 0.6 is 11.3 Å². The highest BCUT2D eigenvalue weighted by Crippen LogP contribution is 2.43. The van der Waals surface area contributed by atoms with Gasteiger partial charge >= 0.3 is 5.69 Å². The number of thiophene rings is 1. The number of aliphatic hydroxyl groups excluding tert-OH is 2. The number of nitrogens with zero attached hydrogens (tertiary/aromatic N) is 2. The third-order valence-electron chi connectivity index (χ3n) is 3.65. The first kappa shape index (κ1) is 14.2. The minimum Gasteiger partial charge on any atom is -0.394 e. The Kier molecular flexibility index (Phi) is 4.07. The maximum atomic E-state index is 11.1. The van der Waals surface area contributed by atoms with Crippen molar-refractivity contribution >= 4 is 22.0 Å². The molecule has 0 saturated carbocycles. The normalized spacial score (nSPS) is 24.7. The Balaban J connectivity index is 2.40. The fourth-order valence-electron chi connectivity index (χ4n) is 2.47. The van der Waals surface area contributed by atoms with E-state index >= 15 is 0 Å². The van der Waals surface area contributed by atoms with Gasteiger partial charge in [-0.2, -0.15) is 0 Å². The lowest BCUT2D eigenvalue weighted by atomic mass is 10.0. The summed E-state index contributed by atoms with van der Waals surface area (Å²) in [6.07, 6.45) is 0.189. The molecule has 0 aliphatic carbocycles. The van der Waals surface area contributed by atoms with E-state index in [0.717, 1.165) is 6.42 Å². The van der Waals surface area contributed by atoms with Crippen LogP contribution < -0.4 is 4.90 Å². The molecule has 0 aromatic carbocycles. The van der Waals surface area contributed by atoms with Crippen molar-refractivity contribution in [2.75, 3.05) is 18.1 Å². The Morgan fingerprint density at radius 3 is 2.89 bits per heavy atom. The van der Waals surface area contributed by atoms with Crippen LogP contribution in [0.5, 0.6) is 0 Å². The van der Waals surface area contributed by atoms with Gasteiger partial charge in [0.05, 0.1) is 23.7 Å². The molecule has 3 atom stereocenters. The molecule has 2 rings (SSSR count). The summed E-state index contributed by atoms with van der Waals surface area (Å²) in [5.74, 6) is 0.307. The molecule has 0 radical (unpaired) electrons. The van der Waals surface area contributed by atoms with Crippen molar-refractivity contribution in [1.29, 1.82) is 0 Å². The third kappa shape index (κ3) is 2.58. The number of rotatable bonds is 4. The zero-order chi connectivity index (χ0) is 14.2. The van der Waals surface area contributed by atoms with Gasteiger partial charge in [-0.3, -0.25) is 10.1 Å². The van der Waals surface area contributed by atoms with E-state index in [1.54, 1.807) is 6.92 Å². The molecule has 7 heteroatoms. The van der Waals surface area contributed by atoms with Crippen LogP contribution in [-0.4, -0.2) is 34.3 Å². The van der Waals surface area contributed by atoms with Crippen molar-refractivity contribution in [3.63, 3.8) is 0 Å². The smallest absolute Gasteiger partial charge is 0.304 e. The first-order valence-electron chi connectivity index (χ1n) is 6.29. The van der Waals surface area contributed by atoms with Gasteiger partial charge in [0.25, 0.3) is 0 Å². The van der Waals surface area contributed by atoms with Crippen LogP contribution in [-0.2, 0) is 0 Å². The summed E-state index contributed by atoms with van der Waals surface area (Å²) >= 11 is 1.24. The highest BCUT2D eigenvalue weighted by Gasteiger charge is 2.36. The Hall–Kier alpha value is -1.18. The van der Waals surface area contributed by atoms with Gasteiger partial charge in [-0.25, -0.2) is 0 Å². The standard InChI is InChI=1S/C12H18N2O4S/c1-7-3-4-13(10(7)6-15)12-9(14(17)18)5-11(19-12)8(2)16/h5,7-8,10,15-16H,3-4,6H2,1-2H3/t7?,8-,10?/m1/s1. The van der Waals surface area contributed by atoms with Crippen LogP contribution in [0.25, 0.3) is 0 Å². The van der Waals surface area contributed by atoms with Crippen molar-refractivity contribution < 1.29 is 15.1 Å². The number of hydrogen-bond donors (Lipinski definition) is 2. The van der Waals surface area contributed by atoms with Crippen molar-refractivity contribution in [1.82, 2.24) is 0 Å². The van der Waals surface area contributed by atoms with Gasteiger partial charge in [0.15, 0.2) is 5.00 Å². The summed E-state index contributed by atoms with van der Waals surface area (Å²) < 4.78 is 0. The number of anilines is 1. The van der Waals surface area contributed by atoms with Crippen LogP contribution in [0.3, 0.4) is 0 Å². The molecular formula is C12H18N2O4S. The summed E-state index contributed by atoms with van der Waals surface area (Å²) in [5, 5.41) is 30.7. The maximum Gasteiger partial charge on any atom is 0.304 e. The molecule has 0 bridgehead atoms. The maximum absolute atomic E-state index is 11.1. The summed E-state index contributed by atoms with van der Waals surface area (Å²) in [6.45, 7) is 4.32. The minimum absolute atomic E-state index is 0.0137. The Labute approximate surface area is 115 Å². The van der Waals surface area contributed by atoms with Gasteiger partial charge in [0, 0.05) is 17.5 Å². The predicted octanol–water partition coefficient (Wildman–Crippen LogP) is 1.92. The molecule has 2 N–H and O–H groups in total. The van der Waals surface area contributed by atoms with Gasteiger partial charge in [-0.05, 0) is 19.3 Å². The molecular weight excluding hydrogens is 268 g/mol. The average Bonchev–Trinajstić information content (AvgIpc) is 2.91. The molecule has 1 fully saturated rings. The number of hydrogen-bond acceptors (Lipinski definition) is 6. The van der Waals surface area contributed by atoms with E-state index < -0.39 is 11.0 Å². The highest BCUT2D eigenvalue weighted by atomic mass is 32.1. The lowest BCUT2D eigenvalue weighted by molar-refractivity contribution is -0.383. The molecule has 1 saturated heterocycles. The molecule has 0 spiro atoms. The van der Waals surface area contributed by atoms with Crippen LogP contribution in [0.2, 0.25) is 0 Å². The van der Waals surface area contributed by atoms with Gasteiger partial charge < -0.3 is 15.1 Å². The quantitative estimate of drug-likeness (QED) is 0.652. The topological polar surface area (TPSA) is 86.8 Å². The fourth-order valence-corrected chi connectivity index (χ4v) is 3.62. The molecule has 2 heterocycles. The molecule has 6 nitrogen and oxygen atoms in total. The van der Waals surface area contributed by atoms with Gasteiger partial charge in [0.1, 0.15) is 0 Å². The predicted molar refractivity (Wildman–Crippen MR) is 73.6 cm³/mol. The van der Waals surface area contributed by atoms with Crippen LogP contribution in [0, 0.1) is 16.0 Å². The fraction of sp³-hybridized carbons (Fsp3) is 0.667. The first-order chi connectivity index (χ1) is 8.95. The van der Waals surface area contributed by atoms with Crippen LogP contribution in [0.1, 0.15) is 31.2 Å². The van der Waals surface area contributed by atoms with Gasteiger partial charge in [-0.15, -0.1) is 11.3 Å². The highest BCUT2D eigenvalue weighted by molar-refractivity contribution is 7.16. The van der Waals surface area contributed by atoms with E-state index in [1.165, 1.54) is 17.4 Å². The summed E-state index contributed by atoms with van der Waals surface area (Å²) in [6, 6.07) is 1.35. The van der Waals surface area contributed by atoms with E-state index in [1.807, 2.05) is 11.8 Å². The molecule has 0 amide bonds.